The summed E-state index contributed by atoms with van der Waals surface area (Å²) >= 11 is 0. The second kappa shape index (κ2) is 9.85. The highest BCUT2D eigenvalue weighted by molar-refractivity contribution is 5.93. The maximum Gasteiger partial charge on any atom is 0.308 e. The quantitative estimate of drug-likeness (QED) is 0.489. The fraction of sp³-hybridized carbons (Fsp3) is 0.348. The van der Waals surface area contributed by atoms with E-state index in [-0.39, 0.29) is 47.8 Å². The molecule has 33 heavy (non-hydrogen) atoms. The monoisotopic (exact) mass is 457 g/mol. The minimum absolute atomic E-state index is 0.0181. The number of rotatable bonds is 9. The molecule has 2 heterocycles. The van der Waals surface area contributed by atoms with Crippen LogP contribution in [0.3, 0.4) is 0 Å². The van der Waals surface area contributed by atoms with Crippen molar-refractivity contribution in [1.82, 2.24) is 19.7 Å². The summed E-state index contributed by atoms with van der Waals surface area (Å²) in [4.78, 5) is 33.3. The molecule has 2 aromatic heterocycles. The van der Waals surface area contributed by atoms with Crippen molar-refractivity contribution in [2.24, 2.45) is 11.8 Å². The van der Waals surface area contributed by atoms with Crippen LogP contribution in [-0.2, 0) is 11.3 Å². The van der Waals surface area contributed by atoms with Gasteiger partial charge in [-0.2, -0.15) is 5.10 Å². The molecule has 174 valence electrons. The number of carbonyl (C=O) groups excluding carboxylic acids is 1. The van der Waals surface area contributed by atoms with Gasteiger partial charge in [0.1, 0.15) is 17.2 Å². The summed E-state index contributed by atoms with van der Waals surface area (Å²) in [6.07, 6.45) is 0.975. The summed E-state index contributed by atoms with van der Waals surface area (Å²) in [5, 5.41) is 13.8. The number of halogens is 2. The zero-order valence-corrected chi connectivity index (χ0v) is 18.8. The first kappa shape index (κ1) is 24.0. The molecule has 0 unspecified atom stereocenters. The number of ketones is 1. The van der Waals surface area contributed by atoms with E-state index in [2.05, 4.69) is 15.1 Å². The third kappa shape index (κ3) is 5.39. The average molecular weight is 457 g/mol. The Hall–Kier alpha value is -3.69. The van der Waals surface area contributed by atoms with Gasteiger partial charge in [-0.1, -0.05) is 32.0 Å². The normalized spacial score (nSPS) is 12.1. The van der Waals surface area contributed by atoms with Crippen LogP contribution in [0.1, 0.15) is 36.8 Å². The van der Waals surface area contributed by atoms with Crippen LogP contribution in [0.15, 0.2) is 36.5 Å². The van der Waals surface area contributed by atoms with Crippen LogP contribution in [0.5, 0.6) is 0 Å². The maximum absolute atomic E-state index is 14.5. The number of anilines is 1. The number of carbonyl (C=O) groups is 2. The molecular formula is C23H25F2N5O3. The molecule has 0 amide bonds. The third-order valence-electron chi connectivity index (χ3n) is 5.33. The molecule has 10 heteroatoms. The van der Waals surface area contributed by atoms with Gasteiger partial charge in [0, 0.05) is 26.1 Å². The standard InChI is InChI=1S/C23H25F2N5O3/c1-13(2)16(23(32)33)12-29(4)22-18(25)10-26-21(27-22)19-9-20(14(3)31)30(28-19)11-15-7-5-6-8-17(15)24/h5-10,13,16H,11-12H2,1-4H3,(H,32,33)/t16-/m1/s1. The van der Waals surface area contributed by atoms with Crippen LogP contribution in [0.4, 0.5) is 14.6 Å². The van der Waals surface area contributed by atoms with Gasteiger partial charge >= 0.3 is 5.97 Å². The van der Waals surface area contributed by atoms with E-state index >= 15 is 0 Å². The SMILES string of the molecule is CC(=O)c1cc(-c2ncc(F)c(N(C)C[C@@H](C(=O)O)C(C)C)n2)nn1Cc1ccccc1F. The molecule has 8 nitrogen and oxygen atoms in total. The lowest BCUT2D eigenvalue weighted by Gasteiger charge is -2.25. The van der Waals surface area contributed by atoms with E-state index in [9.17, 15) is 23.5 Å². The molecule has 0 aliphatic heterocycles. The van der Waals surface area contributed by atoms with Crippen molar-refractivity contribution in [3.05, 3.63) is 59.4 Å². The Labute approximate surface area is 189 Å². The summed E-state index contributed by atoms with van der Waals surface area (Å²) in [5.74, 6) is -3.32. The second-order valence-electron chi connectivity index (χ2n) is 8.15. The zero-order valence-electron chi connectivity index (χ0n) is 18.8. The van der Waals surface area contributed by atoms with E-state index in [4.69, 9.17) is 0 Å². The van der Waals surface area contributed by atoms with Gasteiger partial charge in [-0.05, 0) is 18.1 Å². The number of carboxylic acids is 1. The Balaban J connectivity index is 1.96. The van der Waals surface area contributed by atoms with Crippen molar-refractivity contribution >= 4 is 17.6 Å². The molecule has 0 bridgehead atoms. The summed E-state index contributed by atoms with van der Waals surface area (Å²) in [6, 6.07) is 7.63. The lowest BCUT2D eigenvalue weighted by Crippen LogP contribution is -2.34. The first-order valence-electron chi connectivity index (χ1n) is 10.4. The van der Waals surface area contributed by atoms with Gasteiger partial charge in [-0.25, -0.2) is 18.7 Å². The number of benzene rings is 1. The average Bonchev–Trinajstić information content (AvgIpc) is 3.17. The van der Waals surface area contributed by atoms with E-state index < -0.39 is 23.5 Å². The van der Waals surface area contributed by atoms with Crippen molar-refractivity contribution in [1.29, 1.82) is 0 Å². The van der Waals surface area contributed by atoms with Crippen LogP contribution in [0, 0.1) is 23.5 Å². The van der Waals surface area contributed by atoms with Gasteiger partial charge in [0.2, 0.25) is 0 Å². The molecule has 0 aliphatic rings. The summed E-state index contributed by atoms with van der Waals surface area (Å²) in [6.45, 7) is 4.98. The van der Waals surface area contributed by atoms with Crippen LogP contribution < -0.4 is 4.90 Å². The number of aliphatic carboxylic acids is 1. The van der Waals surface area contributed by atoms with Crippen LogP contribution in [0.25, 0.3) is 11.5 Å². The highest BCUT2D eigenvalue weighted by atomic mass is 19.1. The van der Waals surface area contributed by atoms with Crippen molar-refractivity contribution in [3.8, 4) is 11.5 Å². The molecule has 1 aromatic carbocycles. The van der Waals surface area contributed by atoms with E-state index in [0.29, 0.717) is 5.56 Å². The minimum atomic E-state index is -0.982. The maximum atomic E-state index is 14.5. The van der Waals surface area contributed by atoms with Crippen molar-refractivity contribution in [2.75, 3.05) is 18.5 Å². The van der Waals surface area contributed by atoms with E-state index in [0.717, 1.165) is 6.20 Å². The number of Topliss-reactive ketones (excluding diaryl/α,β-unsaturated/α-hetero) is 1. The fourth-order valence-corrected chi connectivity index (χ4v) is 3.42. The molecule has 0 saturated heterocycles. The van der Waals surface area contributed by atoms with Gasteiger partial charge < -0.3 is 10.0 Å². The Morgan fingerprint density at radius 1 is 1.18 bits per heavy atom. The lowest BCUT2D eigenvalue weighted by molar-refractivity contribution is -0.142. The molecule has 1 atom stereocenters. The molecule has 0 fully saturated rings. The van der Waals surface area contributed by atoms with Gasteiger partial charge in [0.15, 0.2) is 23.2 Å². The molecule has 0 aliphatic carbocycles. The molecule has 1 N–H and O–H groups in total. The third-order valence-corrected chi connectivity index (χ3v) is 5.33. The van der Waals surface area contributed by atoms with E-state index in [1.54, 1.807) is 39.1 Å². The van der Waals surface area contributed by atoms with Crippen molar-refractivity contribution in [3.63, 3.8) is 0 Å². The summed E-state index contributed by atoms with van der Waals surface area (Å²) < 4.78 is 30.0. The predicted molar refractivity (Wildman–Crippen MR) is 118 cm³/mol. The van der Waals surface area contributed by atoms with E-state index in [1.807, 2.05) is 0 Å². The summed E-state index contributed by atoms with van der Waals surface area (Å²) in [7, 11) is 1.55. The predicted octanol–water partition coefficient (Wildman–Crippen LogP) is 3.66. The van der Waals surface area contributed by atoms with E-state index in [1.165, 1.54) is 28.6 Å². The number of hydrogen-bond donors (Lipinski definition) is 1. The van der Waals surface area contributed by atoms with Crippen LogP contribution in [-0.4, -0.2) is 50.2 Å². The van der Waals surface area contributed by atoms with Gasteiger partial charge in [-0.15, -0.1) is 0 Å². The molecule has 0 saturated carbocycles. The number of nitrogens with zero attached hydrogens (tertiary/aromatic N) is 5. The first-order valence-corrected chi connectivity index (χ1v) is 10.4. The Kier molecular flexibility index (Phi) is 7.15. The topological polar surface area (TPSA) is 101 Å². The zero-order chi connectivity index (χ0) is 24.3. The van der Waals surface area contributed by atoms with Gasteiger partial charge in [0.05, 0.1) is 18.7 Å². The molecule has 0 spiro atoms. The number of carboxylic acid groups (broad SMARTS) is 1. The Morgan fingerprint density at radius 2 is 1.88 bits per heavy atom. The number of aromatic nitrogens is 4. The Morgan fingerprint density at radius 3 is 2.48 bits per heavy atom. The fourth-order valence-electron chi connectivity index (χ4n) is 3.42. The van der Waals surface area contributed by atoms with Crippen LogP contribution >= 0.6 is 0 Å². The van der Waals surface area contributed by atoms with Crippen molar-refractivity contribution in [2.45, 2.75) is 27.3 Å². The second-order valence-corrected chi connectivity index (χ2v) is 8.15. The minimum Gasteiger partial charge on any atom is -0.481 e. The molecule has 3 aromatic rings. The van der Waals surface area contributed by atoms with Gasteiger partial charge in [-0.3, -0.25) is 14.3 Å². The summed E-state index contributed by atoms with van der Waals surface area (Å²) in [5.41, 5.74) is 0.787. The highest BCUT2D eigenvalue weighted by Gasteiger charge is 2.25. The van der Waals surface area contributed by atoms with Crippen LogP contribution in [0.2, 0.25) is 0 Å². The smallest absolute Gasteiger partial charge is 0.308 e. The Bertz CT molecular complexity index is 1180. The lowest BCUT2D eigenvalue weighted by atomic mass is 9.95. The highest BCUT2D eigenvalue weighted by Crippen LogP contribution is 2.24. The number of hydrogen-bond acceptors (Lipinski definition) is 6. The largest absolute Gasteiger partial charge is 0.481 e. The van der Waals surface area contributed by atoms with Crippen molar-refractivity contribution < 1.29 is 23.5 Å². The molecule has 3 rings (SSSR count). The molecule has 0 radical (unpaired) electrons. The van der Waals surface area contributed by atoms with Gasteiger partial charge in [0.25, 0.3) is 0 Å². The molecular weight excluding hydrogens is 432 g/mol. The first-order chi connectivity index (χ1) is 15.6.